The number of hydrogen-bond donors (Lipinski definition) is 0. The fraction of sp³-hybridized carbons (Fsp3) is 0.478. The van der Waals surface area contributed by atoms with Crippen LogP contribution in [0.4, 0.5) is 0 Å². The molecule has 1 heterocycles. The van der Waals surface area contributed by atoms with Crippen LogP contribution in [0.2, 0.25) is 0 Å². The van der Waals surface area contributed by atoms with Crippen LogP contribution in [-0.2, 0) is 10.0 Å². The molecule has 1 fully saturated rings. The molecule has 2 aromatic carbocycles. The van der Waals surface area contributed by atoms with Crippen LogP contribution < -0.4 is 0 Å². The van der Waals surface area contributed by atoms with Crippen LogP contribution in [-0.4, -0.2) is 25.8 Å². The summed E-state index contributed by atoms with van der Waals surface area (Å²) in [5.74, 6) is 0.653. The SMILES string of the molecule is CC.Cc1ccc(C(C)C)cc1.Cc1ccc(S(=O)(=O)N2CCCC2)cc1. The molecule has 27 heavy (non-hydrogen) atoms. The lowest BCUT2D eigenvalue weighted by Gasteiger charge is -2.15. The minimum Gasteiger partial charge on any atom is -0.207 e. The molecule has 0 atom stereocenters. The van der Waals surface area contributed by atoms with Crippen LogP contribution >= 0.6 is 0 Å². The van der Waals surface area contributed by atoms with Gasteiger partial charge in [0.05, 0.1) is 4.90 Å². The van der Waals surface area contributed by atoms with Crippen LogP contribution in [0.15, 0.2) is 53.4 Å². The summed E-state index contributed by atoms with van der Waals surface area (Å²) in [6.45, 7) is 13.8. The van der Waals surface area contributed by atoms with E-state index in [1.54, 1.807) is 16.4 Å². The Bertz CT molecular complexity index is 757. The zero-order chi connectivity index (χ0) is 20.4. The molecule has 3 rings (SSSR count). The molecular formula is C23H35NO2S. The van der Waals surface area contributed by atoms with Crippen molar-refractivity contribution in [3.63, 3.8) is 0 Å². The van der Waals surface area contributed by atoms with Gasteiger partial charge in [0.15, 0.2) is 0 Å². The molecule has 150 valence electrons. The van der Waals surface area contributed by atoms with E-state index in [-0.39, 0.29) is 0 Å². The summed E-state index contributed by atoms with van der Waals surface area (Å²) < 4.78 is 25.7. The predicted molar refractivity (Wildman–Crippen MR) is 116 cm³/mol. The van der Waals surface area contributed by atoms with Crippen molar-refractivity contribution in [2.45, 2.75) is 65.2 Å². The summed E-state index contributed by atoms with van der Waals surface area (Å²) in [5.41, 5.74) is 3.84. The smallest absolute Gasteiger partial charge is 0.207 e. The van der Waals surface area contributed by atoms with Crippen molar-refractivity contribution in [3.05, 3.63) is 65.2 Å². The molecule has 0 aromatic heterocycles. The molecule has 0 bridgehead atoms. The Kier molecular flexibility index (Phi) is 9.75. The highest BCUT2D eigenvalue weighted by Crippen LogP contribution is 2.20. The third-order valence-electron chi connectivity index (χ3n) is 4.47. The topological polar surface area (TPSA) is 37.4 Å². The van der Waals surface area contributed by atoms with Crippen molar-refractivity contribution in [2.75, 3.05) is 13.1 Å². The van der Waals surface area contributed by atoms with Crippen molar-refractivity contribution in [1.82, 2.24) is 4.31 Å². The number of sulfonamides is 1. The molecule has 1 aliphatic rings. The van der Waals surface area contributed by atoms with Gasteiger partial charge in [0.2, 0.25) is 10.0 Å². The van der Waals surface area contributed by atoms with Gasteiger partial charge in [0, 0.05) is 13.1 Å². The Hall–Kier alpha value is -1.65. The lowest BCUT2D eigenvalue weighted by Crippen LogP contribution is -2.27. The molecule has 0 aliphatic carbocycles. The zero-order valence-corrected chi connectivity index (χ0v) is 18.5. The Morgan fingerprint density at radius 2 is 1.19 bits per heavy atom. The van der Waals surface area contributed by atoms with Gasteiger partial charge in [-0.25, -0.2) is 8.42 Å². The summed E-state index contributed by atoms with van der Waals surface area (Å²) >= 11 is 0. The zero-order valence-electron chi connectivity index (χ0n) is 17.7. The average molecular weight is 390 g/mol. The largest absolute Gasteiger partial charge is 0.243 e. The lowest BCUT2D eigenvalue weighted by molar-refractivity contribution is 0.477. The fourth-order valence-corrected chi connectivity index (χ4v) is 4.26. The minimum atomic E-state index is -3.22. The number of aryl methyl sites for hydroxylation is 2. The van der Waals surface area contributed by atoms with Gasteiger partial charge in [-0.3, -0.25) is 0 Å². The quantitative estimate of drug-likeness (QED) is 0.653. The molecule has 3 nitrogen and oxygen atoms in total. The van der Waals surface area contributed by atoms with Gasteiger partial charge in [-0.15, -0.1) is 0 Å². The van der Waals surface area contributed by atoms with Crippen LogP contribution in [0.1, 0.15) is 63.1 Å². The van der Waals surface area contributed by atoms with Crippen LogP contribution in [0.3, 0.4) is 0 Å². The van der Waals surface area contributed by atoms with Gasteiger partial charge in [-0.2, -0.15) is 4.31 Å². The highest BCUT2D eigenvalue weighted by Gasteiger charge is 2.26. The van der Waals surface area contributed by atoms with Crippen molar-refractivity contribution in [3.8, 4) is 0 Å². The van der Waals surface area contributed by atoms with Crippen LogP contribution in [0.5, 0.6) is 0 Å². The van der Waals surface area contributed by atoms with Crippen molar-refractivity contribution < 1.29 is 8.42 Å². The van der Waals surface area contributed by atoms with Gasteiger partial charge in [0.25, 0.3) is 0 Å². The second-order valence-electron chi connectivity index (χ2n) is 6.99. The molecule has 0 saturated carbocycles. The molecule has 0 N–H and O–H groups in total. The summed E-state index contributed by atoms with van der Waals surface area (Å²) in [5, 5.41) is 0. The normalized spacial score (nSPS) is 14.2. The molecule has 0 amide bonds. The number of benzene rings is 2. The van der Waals surface area contributed by atoms with E-state index in [1.807, 2.05) is 32.9 Å². The first kappa shape index (κ1) is 23.4. The van der Waals surface area contributed by atoms with E-state index in [9.17, 15) is 8.42 Å². The number of nitrogens with zero attached hydrogens (tertiary/aromatic N) is 1. The molecule has 2 aromatic rings. The van der Waals surface area contributed by atoms with E-state index in [0.717, 1.165) is 18.4 Å². The Labute approximate surface area is 166 Å². The maximum Gasteiger partial charge on any atom is 0.243 e. The highest BCUT2D eigenvalue weighted by molar-refractivity contribution is 7.89. The number of hydrogen-bond acceptors (Lipinski definition) is 2. The first-order valence-corrected chi connectivity index (χ1v) is 11.4. The molecule has 1 saturated heterocycles. The first-order chi connectivity index (χ1) is 12.8. The van der Waals surface area contributed by atoms with E-state index >= 15 is 0 Å². The van der Waals surface area contributed by atoms with Crippen molar-refractivity contribution in [1.29, 1.82) is 0 Å². The maximum atomic E-state index is 12.1. The molecule has 0 radical (unpaired) electrons. The summed E-state index contributed by atoms with van der Waals surface area (Å²) in [4.78, 5) is 0.412. The predicted octanol–water partition coefficient (Wildman–Crippen LogP) is 5.92. The Balaban J connectivity index is 0.000000265. The van der Waals surface area contributed by atoms with Gasteiger partial charge in [0.1, 0.15) is 0 Å². The van der Waals surface area contributed by atoms with Gasteiger partial charge >= 0.3 is 0 Å². The van der Waals surface area contributed by atoms with E-state index in [2.05, 4.69) is 45.0 Å². The molecule has 0 spiro atoms. The lowest BCUT2D eigenvalue weighted by atomic mass is 10.0. The third kappa shape index (κ3) is 7.11. The fourth-order valence-electron chi connectivity index (χ4n) is 2.74. The monoisotopic (exact) mass is 389 g/mol. The minimum absolute atomic E-state index is 0.412. The molecule has 1 aliphatic heterocycles. The second-order valence-corrected chi connectivity index (χ2v) is 8.93. The van der Waals surface area contributed by atoms with E-state index in [1.165, 1.54) is 11.1 Å². The standard InChI is InChI=1S/C11H15NO2S.C10H14.C2H6/c1-10-4-6-11(7-5-10)15(13,14)12-8-2-3-9-12;1-8(2)10-6-4-9(3)5-7-10;1-2/h4-7H,2-3,8-9H2,1H3;4-8H,1-3H3;1-2H3. The highest BCUT2D eigenvalue weighted by atomic mass is 32.2. The Morgan fingerprint density at radius 3 is 1.59 bits per heavy atom. The Morgan fingerprint density at radius 1 is 0.778 bits per heavy atom. The van der Waals surface area contributed by atoms with Gasteiger partial charge in [-0.05, 0) is 50.3 Å². The summed E-state index contributed by atoms with van der Waals surface area (Å²) in [6, 6.07) is 15.8. The molecule has 0 unspecified atom stereocenters. The first-order valence-electron chi connectivity index (χ1n) is 9.94. The van der Waals surface area contributed by atoms with E-state index < -0.39 is 10.0 Å². The van der Waals surface area contributed by atoms with Crippen molar-refractivity contribution in [2.24, 2.45) is 0 Å². The summed E-state index contributed by atoms with van der Waals surface area (Å²) in [7, 11) is -3.22. The molecule has 4 heteroatoms. The third-order valence-corrected chi connectivity index (χ3v) is 6.38. The van der Waals surface area contributed by atoms with E-state index in [0.29, 0.717) is 23.9 Å². The summed E-state index contributed by atoms with van der Waals surface area (Å²) in [6.07, 6.45) is 1.95. The average Bonchev–Trinajstić information content (AvgIpc) is 3.20. The maximum absolute atomic E-state index is 12.1. The van der Waals surface area contributed by atoms with Gasteiger partial charge in [-0.1, -0.05) is 75.2 Å². The molecular weight excluding hydrogens is 354 g/mol. The van der Waals surface area contributed by atoms with Crippen molar-refractivity contribution >= 4 is 10.0 Å². The number of rotatable bonds is 3. The van der Waals surface area contributed by atoms with E-state index in [4.69, 9.17) is 0 Å². The second kappa shape index (κ2) is 11.3. The van der Waals surface area contributed by atoms with Gasteiger partial charge < -0.3 is 0 Å². The van der Waals surface area contributed by atoms with Crippen LogP contribution in [0, 0.1) is 13.8 Å². The van der Waals surface area contributed by atoms with Crippen LogP contribution in [0.25, 0.3) is 0 Å².